The Bertz CT molecular complexity index is 591. The summed E-state index contributed by atoms with van der Waals surface area (Å²) in [5, 5.41) is 17.6. The van der Waals surface area contributed by atoms with Crippen molar-refractivity contribution in [3.63, 3.8) is 0 Å². The van der Waals surface area contributed by atoms with Crippen molar-refractivity contribution in [2.75, 3.05) is 7.11 Å². The summed E-state index contributed by atoms with van der Waals surface area (Å²) in [5.41, 5.74) is 3.68. The highest BCUT2D eigenvalue weighted by molar-refractivity contribution is 7.80. The lowest BCUT2D eigenvalue weighted by molar-refractivity contribution is 0.373. The molecule has 0 spiro atoms. The fraction of sp³-hybridized carbons (Fsp3) is 0.500. The molecule has 0 heterocycles. The Hall–Kier alpha value is -1.82. The zero-order chi connectivity index (χ0) is 15.5. The minimum atomic E-state index is 0.112. The van der Waals surface area contributed by atoms with Crippen LogP contribution in [0.5, 0.6) is 11.5 Å². The van der Waals surface area contributed by atoms with Gasteiger partial charge >= 0.3 is 0 Å². The fourth-order valence-corrected chi connectivity index (χ4v) is 3.77. The lowest BCUT2D eigenvalue weighted by Gasteiger charge is -2.23. The topological polar surface area (TPSA) is 65.9 Å². The van der Waals surface area contributed by atoms with Crippen LogP contribution in [-0.2, 0) is 0 Å². The number of hydrazone groups is 1. The van der Waals surface area contributed by atoms with E-state index in [-0.39, 0.29) is 5.75 Å². The first-order chi connectivity index (χ1) is 10.7. The van der Waals surface area contributed by atoms with Gasteiger partial charge in [-0.1, -0.05) is 6.42 Å². The van der Waals surface area contributed by atoms with Gasteiger partial charge in [0.15, 0.2) is 16.6 Å². The third-order valence-electron chi connectivity index (χ3n) is 4.64. The largest absolute Gasteiger partial charge is 0.504 e. The first-order valence-electron chi connectivity index (χ1n) is 7.62. The molecule has 0 aromatic heterocycles. The first kappa shape index (κ1) is 15.1. The molecule has 0 saturated heterocycles. The second-order valence-corrected chi connectivity index (χ2v) is 6.46. The summed E-state index contributed by atoms with van der Waals surface area (Å²) in [6, 6.07) is 5.55. The van der Waals surface area contributed by atoms with E-state index in [9.17, 15) is 5.11 Å². The molecule has 0 aliphatic heterocycles. The predicted molar refractivity (Wildman–Crippen MR) is 90.4 cm³/mol. The monoisotopic (exact) mass is 319 g/mol. The number of rotatable bonds is 4. The van der Waals surface area contributed by atoms with Gasteiger partial charge in [0.1, 0.15) is 0 Å². The minimum absolute atomic E-state index is 0.112. The molecule has 1 aromatic rings. The standard InChI is InChI=1S/C16H21N3O2S/c1-21-15-8-11(3-5-14(15)20)9-17-19-16(22)18-13-7-10-2-4-12(13)6-10/h3,5,8-10,12-13,20H,2,4,6-7H2,1H3,(H2,18,19,22). The van der Waals surface area contributed by atoms with Gasteiger partial charge in [0.2, 0.25) is 0 Å². The molecule has 2 fully saturated rings. The van der Waals surface area contributed by atoms with Crippen molar-refractivity contribution < 1.29 is 9.84 Å². The molecule has 0 radical (unpaired) electrons. The van der Waals surface area contributed by atoms with Crippen molar-refractivity contribution in [3.05, 3.63) is 23.8 Å². The maximum Gasteiger partial charge on any atom is 0.187 e. The summed E-state index contributed by atoms with van der Waals surface area (Å²) < 4.78 is 5.06. The van der Waals surface area contributed by atoms with Crippen LogP contribution >= 0.6 is 12.2 Å². The van der Waals surface area contributed by atoms with Gasteiger partial charge in [-0.05, 0) is 67.1 Å². The van der Waals surface area contributed by atoms with Gasteiger partial charge in [-0.3, -0.25) is 5.43 Å². The van der Waals surface area contributed by atoms with E-state index in [0.29, 0.717) is 16.9 Å². The molecule has 3 atom stereocenters. The average Bonchev–Trinajstić information content (AvgIpc) is 3.11. The average molecular weight is 319 g/mol. The summed E-state index contributed by atoms with van der Waals surface area (Å²) in [7, 11) is 1.52. The van der Waals surface area contributed by atoms with Gasteiger partial charge in [0, 0.05) is 6.04 Å². The Morgan fingerprint density at radius 2 is 2.27 bits per heavy atom. The molecule has 0 amide bonds. The molecule has 2 bridgehead atoms. The summed E-state index contributed by atoms with van der Waals surface area (Å²) in [5.74, 6) is 2.20. The Morgan fingerprint density at radius 1 is 1.41 bits per heavy atom. The Balaban J connectivity index is 1.50. The number of fused-ring (bicyclic) bond motifs is 2. The number of phenols is 1. The Labute approximate surface area is 135 Å². The number of methoxy groups -OCH3 is 1. The smallest absolute Gasteiger partial charge is 0.187 e. The number of ether oxygens (including phenoxy) is 1. The molecular weight excluding hydrogens is 298 g/mol. The lowest BCUT2D eigenvalue weighted by Crippen LogP contribution is -2.42. The molecule has 2 aliphatic carbocycles. The summed E-state index contributed by atoms with van der Waals surface area (Å²) in [6.07, 6.45) is 6.92. The molecule has 2 saturated carbocycles. The molecule has 118 valence electrons. The first-order valence-corrected chi connectivity index (χ1v) is 8.03. The van der Waals surface area contributed by atoms with E-state index in [1.807, 2.05) is 0 Å². The van der Waals surface area contributed by atoms with Gasteiger partial charge in [0.05, 0.1) is 13.3 Å². The van der Waals surface area contributed by atoms with Crippen LogP contribution in [0.2, 0.25) is 0 Å². The van der Waals surface area contributed by atoms with Crippen molar-refractivity contribution in [1.29, 1.82) is 0 Å². The molecule has 3 rings (SSSR count). The zero-order valence-corrected chi connectivity index (χ0v) is 13.4. The van der Waals surface area contributed by atoms with E-state index in [4.69, 9.17) is 17.0 Å². The van der Waals surface area contributed by atoms with Crippen LogP contribution in [0, 0.1) is 11.8 Å². The van der Waals surface area contributed by atoms with Crippen LogP contribution < -0.4 is 15.5 Å². The van der Waals surface area contributed by atoms with Crippen molar-refractivity contribution in [3.8, 4) is 11.5 Å². The van der Waals surface area contributed by atoms with E-state index in [0.717, 1.165) is 17.4 Å². The van der Waals surface area contributed by atoms with E-state index in [2.05, 4.69) is 15.8 Å². The third-order valence-corrected chi connectivity index (χ3v) is 4.85. The number of phenolic OH excluding ortho intramolecular Hbond substituents is 1. The second-order valence-electron chi connectivity index (χ2n) is 6.06. The molecule has 2 aliphatic rings. The van der Waals surface area contributed by atoms with Crippen LogP contribution in [0.3, 0.4) is 0 Å². The highest BCUT2D eigenvalue weighted by Gasteiger charge is 2.39. The van der Waals surface area contributed by atoms with Crippen LogP contribution in [0.15, 0.2) is 23.3 Å². The number of hydrogen-bond acceptors (Lipinski definition) is 4. The van der Waals surface area contributed by atoms with Gasteiger partial charge in [-0.25, -0.2) is 0 Å². The molecule has 5 nitrogen and oxygen atoms in total. The number of thiocarbonyl (C=S) groups is 1. The molecule has 22 heavy (non-hydrogen) atoms. The summed E-state index contributed by atoms with van der Waals surface area (Å²) in [6.45, 7) is 0. The Kier molecular flexibility index (Phi) is 4.47. The maximum atomic E-state index is 9.54. The highest BCUT2D eigenvalue weighted by Crippen LogP contribution is 2.44. The van der Waals surface area contributed by atoms with Crippen molar-refractivity contribution >= 4 is 23.5 Å². The molecule has 1 aromatic carbocycles. The van der Waals surface area contributed by atoms with Crippen LogP contribution in [0.4, 0.5) is 0 Å². The summed E-state index contributed by atoms with van der Waals surface area (Å²) in [4.78, 5) is 0. The lowest BCUT2D eigenvalue weighted by atomic mass is 9.96. The quantitative estimate of drug-likeness (QED) is 0.452. The SMILES string of the molecule is COc1cc(C=NNC(=S)NC2CC3CCC2C3)ccc1O. The Morgan fingerprint density at radius 3 is 2.95 bits per heavy atom. The van der Waals surface area contributed by atoms with Crippen molar-refractivity contribution in [2.45, 2.75) is 31.7 Å². The van der Waals surface area contributed by atoms with Gasteiger partial charge in [0.25, 0.3) is 0 Å². The number of nitrogens with one attached hydrogen (secondary N) is 2. The van der Waals surface area contributed by atoms with Gasteiger partial charge in [-0.15, -0.1) is 0 Å². The van der Waals surface area contributed by atoms with Crippen molar-refractivity contribution in [2.24, 2.45) is 16.9 Å². The minimum Gasteiger partial charge on any atom is -0.504 e. The van der Waals surface area contributed by atoms with Crippen molar-refractivity contribution in [1.82, 2.24) is 10.7 Å². The number of hydrogen-bond donors (Lipinski definition) is 3. The van der Waals surface area contributed by atoms with E-state index in [1.54, 1.807) is 24.4 Å². The van der Waals surface area contributed by atoms with E-state index < -0.39 is 0 Å². The zero-order valence-electron chi connectivity index (χ0n) is 12.6. The van der Waals surface area contributed by atoms with Gasteiger partial charge in [-0.2, -0.15) is 5.10 Å². The highest BCUT2D eigenvalue weighted by atomic mass is 32.1. The van der Waals surface area contributed by atoms with Gasteiger partial charge < -0.3 is 15.2 Å². The predicted octanol–water partition coefficient (Wildman–Crippen LogP) is 2.39. The van der Waals surface area contributed by atoms with Crippen LogP contribution in [0.1, 0.15) is 31.2 Å². The summed E-state index contributed by atoms with van der Waals surface area (Å²) >= 11 is 5.29. The number of nitrogens with zero attached hydrogens (tertiary/aromatic N) is 1. The normalized spacial score (nSPS) is 26.3. The maximum absolute atomic E-state index is 9.54. The molecular formula is C16H21N3O2S. The fourth-order valence-electron chi connectivity index (χ4n) is 3.56. The van der Waals surface area contributed by atoms with E-state index >= 15 is 0 Å². The second kappa shape index (κ2) is 6.52. The van der Waals surface area contributed by atoms with E-state index in [1.165, 1.54) is 32.8 Å². The molecule has 3 unspecified atom stereocenters. The number of aromatic hydroxyl groups is 1. The third kappa shape index (κ3) is 3.32. The number of benzene rings is 1. The van der Waals surface area contributed by atoms with Crippen LogP contribution in [-0.4, -0.2) is 29.6 Å². The van der Waals surface area contributed by atoms with Crippen LogP contribution in [0.25, 0.3) is 0 Å². The molecule has 3 N–H and O–H groups in total. The molecule has 6 heteroatoms.